The molecular formula is C24H36O4. The maximum absolute atomic E-state index is 12.6. The van der Waals surface area contributed by atoms with E-state index in [1.165, 1.54) is 19.3 Å². The van der Waals surface area contributed by atoms with E-state index < -0.39 is 5.97 Å². The lowest BCUT2D eigenvalue weighted by molar-refractivity contribution is -0.167. The first-order valence-corrected chi connectivity index (χ1v) is 11.6. The minimum absolute atomic E-state index is 0.127. The Balaban J connectivity index is 1.35. The number of fused-ring (bicyclic) bond motifs is 5. The first kappa shape index (κ1) is 19.1. The fourth-order valence-electron chi connectivity index (χ4n) is 8.86. The number of carboxylic acid groups (broad SMARTS) is 1. The first-order valence-electron chi connectivity index (χ1n) is 11.6. The SMILES string of the molecule is C[C@]12CCC3(CC3CCC(=O)O)CC1[C@H](O)CC1C2CC[C@]2(C)C(=O)CCC12. The molecule has 2 N–H and O–H groups in total. The van der Waals surface area contributed by atoms with Gasteiger partial charge in [0, 0.05) is 18.3 Å². The highest BCUT2D eigenvalue weighted by atomic mass is 16.4. The van der Waals surface area contributed by atoms with Crippen LogP contribution in [0.2, 0.25) is 0 Å². The largest absolute Gasteiger partial charge is 0.481 e. The number of hydrogen-bond donors (Lipinski definition) is 2. The Morgan fingerprint density at radius 3 is 2.61 bits per heavy atom. The monoisotopic (exact) mass is 388 g/mol. The van der Waals surface area contributed by atoms with Gasteiger partial charge in [0.25, 0.3) is 0 Å². The molecule has 1 spiro atoms. The van der Waals surface area contributed by atoms with Crippen LogP contribution in [0.3, 0.4) is 0 Å². The number of Topliss-reactive ketones (excluding diaryl/α,β-unsaturated/α-hetero) is 1. The molecule has 5 aliphatic carbocycles. The van der Waals surface area contributed by atoms with Crippen LogP contribution in [-0.4, -0.2) is 28.1 Å². The lowest BCUT2D eigenvalue weighted by atomic mass is 9.43. The molecule has 5 rings (SSSR count). The van der Waals surface area contributed by atoms with Crippen LogP contribution < -0.4 is 0 Å². The van der Waals surface area contributed by atoms with E-state index in [9.17, 15) is 14.7 Å². The molecule has 0 aromatic carbocycles. The Morgan fingerprint density at radius 2 is 1.86 bits per heavy atom. The van der Waals surface area contributed by atoms with E-state index in [0.717, 1.165) is 44.9 Å². The normalized spacial score (nSPS) is 54.8. The molecule has 9 atom stereocenters. The van der Waals surface area contributed by atoms with Crippen molar-refractivity contribution in [2.24, 2.45) is 45.8 Å². The summed E-state index contributed by atoms with van der Waals surface area (Å²) in [5.41, 5.74) is 0.388. The molecule has 5 aliphatic rings. The lowest BCUT2D eigenvalue weighted by Gasteiger charge is -2.62. The van der Waals surface area contributed by atoms with Crippen LogP contribution in [0.4, 0.5) is 0 Å². The third-order valence-electron chi connectivity index (χ3n) is 10.7. The van der Waals surface area contributed by atoms with Crippen LogP contribution >= 0.6 is 0 Å². The molecule has 0 aliphatic heterocycles. The highest BCUT2D eigenvalue weighted by Crippen LogP contribution is 2.72. The number of carboxylic acids is 1. The van der Waals surface area contributed by atoms with Gasteiger partial charge in [0.1, 0.15) is 5.78 Å². The minimum Gasteiger partial charge on any atom is -0.481 e. The Bertz CT molecular complexity index is 703. The molecule has 5 fully saturated rings. The highest BCUT2D eigenvalue weighted by Gasteiger charge is 2.66. The number of ketones is 1. The molecule has 0 radical (unpaired) electrons. The summed E-state index contributed by atoms with van der Waals surface area (Å²) in [6.45, 7) is 4.65. The Morgan fingerprint density at radius 1 is 1.07 bits per heavy atom. The summed E-state index contributed by atoms with van der Waals surface area (Å²) < 4.78 is 0. The number of rotatable bonds is 3. The maximum atomic E-state index is 12.6. The lowest BCUT2D eigenvalue weighted by Crippen LogP contribution is -2.58. The van der Waals surface area contributed by atoms with Gasteiger partial charge in [0.2, 0.25) is 0 Å². The summed E-state index contributed by atoms with van der Waals surface area (Å²) in [7, 11) is 0. The number of hydrogen-bond acceptors (Lipinski definition) is 3. The second-order valence-corrected chi connectivity index (χ2v) is 11.6. The molecule has 0 bridgehead atoms. The minimum atomic E-state index is -0.681. The van der Waals surface area contributed by atoms with E-state index in [0.29, 0.717) is 40.8 Å². The third kappa shape index (κ3) is 2.52. The van der Waals surface area contributed by atoms with E-state index in [-0.39, 0.29) is 23.4 Å². The molecule has 0 amide bonds. The Hall–Kier alpha value is -0.900. The molecule has 0 aromatic rings. The van der Waals surface area contributed by atoms with Gasteiger partial charge in [-0.2, -0.15) is 0 Å². The van der Waals surface area contributed by atoms with Crippen molar-refractivity contribution < 1.29 is 19.8 Å². The van der Waals surface area contributed by atoms with Crippen LogP contribution in [0.5, 0.6) is 0 Å². The number of aliphatic carboxylic acids is 1. The summed E-state index contributed by atoms with van der Waals surface area (Å²) in [5.74, 6) is 2.35. The van der Waals surface area contributed by atoms with E-state index in [2.05, 4.69) is 13.8 Å². The zero-order chi connectivity index (χ0) is 19.9. The summed E-state index contributed by atoms with van der Waals surface area (Å²) in [5, 5.41) is 20.3. The Kier molecular flexibility index (Phi) is 4.13. The zero-order valence-corrected chi connectivity index (χ0v) is 17.5. The molecule has 4 nitrogen and oxygen atoms in total. The van der Waals surface area contributed by atoms with E-state index in [1.807, 2.05) is 0 Å². The van der Waals surface area contributed by atoms with Crippen LogP contribution in [0, 0.1) is 45.8 Å². The van der Waals surface area contributed by atoms with E-state index in [4.69, 9.17) is 5.11 Å². The van der Waals surface area contributed by atoms with Gasteiger partial charge in [-0.05, 0) is 98.2 Å². The second-order valence-electron chi connectivity index (χ2n) is 11.6. The predicted octanol–water partition coefficient (Wildman–Crippen LogP) is 4.44. The molecule has 4 heteroatoms. The number of aliphatic hydroxyl groups excluding tert-OH is 1. The van der Waals surface area contributed by atoms with Crippen molar-refractivity contribution in [2.45, 2.75) is 90.6 Å². The van der Waals surface area contributed by atoms with Crippen molar-refractivity contribution in [3.8, 4) is 0 Å². The summed E-state index contributed by atoms with van der Waals surface area (Å²) in [4.78, 5) is 23.6. The van der Waals surface area contributed by atoms with Gasteiger partial charge < -0.3 is 10.2 Å². The van der Waals surface area contributed by atoms with Crippen molar-refractivity contribution in [1.82, 2.24) is 0 Å². The number of carbonyl (C=O) groups excluding carboxylic acids is 1. The van der Waals surface area contributed by atoms with Gasteiger partial charge >= 0.3 is 5.97 Å². The van der Waals surface area contributed by atoms with E-state index >= 15 is 0 Å². The molecule has 156 valence electrons. The van der Waals surface area contributed by atoms with Gasteiger partial charge in [0.05, 0.1) is 6.10 Å². The van der Waals surface area contributed by atoms with Crippen LogP contribution in [-0.2, 0) is 9.59 Å². The fourth-order valence-corrected chi connectivity index (χ4v) is 8.86. The molecule has 0 aromatic heterocycles. The molecule has 28 heavy (non-hydrogen) atoms. The molecular weight excluding hydrogens is 352 g/mol. The smallest absolute Gasteiger partial charge is 0.303 e. The number of carbonyl (C=O) groups is 2. The van der Waals surface area contributed by atoms with Gasteiger partial charge in [-0.25, -0.2) is 0 Å². The maximum Gasteiger partial charge on any atom is 0.303 e. The summed E-state index contributed by atoms with van der Waals surface area (Å²) >= 11 is 0. The van der Waals surface area contributed by atoms with Crippen LogP contribution in [0.25, 0.3) is 0 Å². The van der Waals surface area contributed by atoms with Gasteiger partial charge in [-0.3, -0.25) is 9.59 Å². The summed E-state index contributed by atoms with van der Waals surface area (Å²) in [6.07, 6.45) is 10.4. The molecule has 5 saturated carbocycles. The van der Waals surface area contributed by atoms with Crippen LogP contribution in [0.15, 0.2) is 0 Å². The molecule has 6 unspecified atom stereocenters. The van der Waals surface area contributed by atoms with Crippen molar-refractivity contribution in [3.05, 3.63) is 0 Å². The zero-order valence-electron chi connectivity index (χ0n) is 17.5. The average molecular weight is 389 g/mol. The van der Waals surface area contributed by atoms with Crippen molar-refractivity contribution in [2.75, 3.05) is 0 Å². The van der Waals surface area contributed by atoms with Crippen molar-refractivity contribution >= 4 is 11.8 Å². The fraction of sp³-hybridized carbons (Fsp3) is 0.917. The van der Waals surface area contributed by atoms with Gasteiger partial charge in [0.15, 0.2) is 0 Å². The topological polar surface area (TPSA) is 74.6 Å². The van der Waals surface area contributed by atoms with Gasteiger partial charge in [-0.1, -0.05) is 13.8 Å². The summed E-state index contributed by atoms with van der Waals surface area (Å²) in [6, 6.07) is 0. The van der Waals surface area contributed by atoms with E-state index in [1.54, 1.807) is 0 Å². The van der Waals surface area contributed by atoms with Crippen molar-refractivity contribution in [1.29, 1.82) is 0 Å². The Labute approximate surface area is 168 Å². The van der Waals surface area contributed by atoms with Crippen LogP contribution in [0.1, 0.15) is 84.5 Å². The second kappa shape index (κ2) is 6.06. The first-order chi connectivity index (χ1) is 13.2. The molecule has 0 saturated heterocycles. The van der Waals surface area contributed by atoms with Gasteiger partial charge in [-0.15, -0.1) is 0 Å². The van der Waals surface area contributed by atoms with Crippen molar-refractivity contribution in [3.63, 3.8) is 0 Å². The molecule has 0 heterocycles. The standard InChI is InChI=1S/C24H36O4/c1-22-9-10-24(12-14(24)3-6-21(27)28)13-18(22)19(25)11-15-16-4-5-20(26)23(16,2)8-7-17(15)22/h14-19,25H,3-13H2,1-2H3,(H,27,28)/t14?,15?,16?,17?,18?,19-,22-,23+,24?/m1/s1. The number of aliphatic hydroxyl groups is 1. The highest BCUT2D eigenvalue weighted by molar-refractivity contribution is 5.87. The average Bonchev–Trinajstić information content (AvgIpc) is 3.23. The third-order valence-corrected chi connectivity index (χ3v) is 10.7. The predicted molar refractivity (Wildman–Crippen MR) is 106 cm³/mol. The quantitative estimate of drug-likeness (QED) is 0.749.